The van der Waals surface area contributed by atoms with E-state index in [-0.39, 0.29) is 11.4 Å². The summed E-state index contributed by atoms with van der Waals surface area (Å²) in [5, 5.41) is 3.28. The molecule has 1 aliphatic carbocycles. The largest absolute Gasteiger partial charge is 0.497 e. The molecule has 1 heterocycles. The van der Waals surface area contributed by atoms with E-state index in [4.69, 9.17) is 4.74 Å². The number of quaternary nitrogens is 1. The molecule has 0 atom stereocenters. The second kappa shape index (κ2) is 8.70. The predicted molar refractivity (Wildman–Crippen MR) is 100 cm³/mol. The molecule has 0 spiro atoms. The molecule has 4 heteroatoms. The maximum absolute atomic E-state index is 12.5. The number of likely N-dealkylation sites (tertiary alicyclic amines) is 1. The summed E-state index contributed by atoms with van der Waals surface area (Å²) in [5.74, 6) is 0.946. The van der Waals surface area contributed by atoms with E-state index in [1.54, 1.807) is 12.0 Å². The summed E-state index contributed by atoms with van der Waals surface area (Å²) in [4.78, 5) is 14.3. The Hall–Kier alpha value is -1.55. The van der Waals surface area contributed by atoms with E-state index in [2.05, 4.69) is 5.32 Å². The van der Waals surface area contributed by atoms with Crippen LogP contribution in [0.2, 0.25) is 0 Å². The number of nitrogens with one attached hydrogen (secondary N) is 2. The summed E-state index contributed by atoms with van der Waals surface area (Å²) in [7, 11) is 1.66. The zero-order valence-electron chi connectivity index (χ0n) is 15.6. The van der Waals surface area contributed by atoms with Crippen molar-refractivity contribution in [1.82, 2.24) is 5.32 Å². The number of hydrogen-bond donors (Lipinski definition) is 2. The van der Waals surface area contributed by atoms with Gasteiger partial charge in [-0.2, -0.15) is 0 Å². The molecule has 0 bridgehead atoms. The summed E-state index contributed by atoms with van der Waals surface area (Å²) in [5.41, 5.74) is 1.29. The van der Waals surface area contributed by atoms with Gasteiger partial charge in [0.15, 0.2) is 0 Å². The van der Waals surface area contributed by atoms with Gasteiger partial charge in [-0.15, -0.1) is 0 Å². The third kappa shape index (κ3) is 4.75. The highest BCUT2D eigenvalue weighted by Gasteiger charge is 2.42. The lowest BCUT2D eigenvalue weighted by Crippen LogP contribution is -3.22. The Morgan fingerprint density at radius 3 is 2.56 bits per heavy atom. The van der Waals surface area contributed by atoms with Crippen LogP contribution in [0.4, 0.5) is 0 Å². The molecule has 1 aromatic carbocycles. The number of benzene rings is 1. The Balaban J connectivity index is 1.59. The maximum atomic E-state index is 12.5. The van der Waals surface area contributed by atoms with Crippen LogP contribution < -0.4 is 15.0 Å². The molecular formula is C21H33N2O2+. The van der Waals surface area contributed by atoms with Crippen molar-refractivity contribution in [3.8, 4) is 5.75 Å². The smallest absolute Gasteiger partial charge is 0.224 e. The Morgan fingerprint density at radius 2 is 1.84 bits per heavy atom. The van der Waals surface area contributed by atoms with E-state index in [9.17, 15) is 4.79 Å². The number of amides is 1. The van der Waals surface area contributed by atoms with Crippen LogP contribution in [0.25, 0.3) is 0 Å². The van der Waals surface area contributed by atoms with Gasteiger partial charge < -0.3 is 15.0 Å². The molecule has 0 unspecified atom stereocenters. The number of piperidine rings is 1. The zero-order valence-corrected chi connectivity index (χ0v) is 15.6. The summed E-state index contributed by atoms with van der Waals surface area (Å²) < 4.78 is 5.25. The summed E-state index contributed by atoms with van der Waals surface area (Å²) in [6, 6.07) is 7.81. The third-order valence-corrected chi connectivity index (χ3v) is 6.14. The lowest BCUT2D eigenvalue weighted by atomic mass is 9.79. The van der Waals surface area contributed by atoms with E-state index >= 15 is 0 Å². The van der Waals surface area contributed by atoms with Crippen molar-refractivity contribution in [2.24, 2.45) is 0 Å². The van der Waals surface area contributed by atoms with Gasteiger partial charge >= 0.3 is 0 Å². The quantitative estimate of drug-likeness (QED) is 0.829. The lowest BCUT2D eigenvalue weighted by molar-refractivity contribution is -0.957. The lowest BCUT2D eigenvalue weighted by Gasteiger charge is -2.45. The zero-order chi connectivity index (χ0) is 17.5. The Labute approximate surface area is 151 Å². The van der Waals surface area contributed by atoms with Crippen LogP contribution in [0.1, 0.15) is 56.9 Å². The van der Waals surface area contributed by atoms with Crippen LogP contribution in [-0.4, -0.2) is 38.2 Å². The predicted octanol–water partition coefficient (Wildman–Crippen LogP) is 2.13. The van der Waals surface area contributed by atoms with Gasteiger partial charge in [0.05, 0.1) is 33.2 Å². The van der Waals surface area contributed by atoms with Crippen molar-refractivity contribution in [3.63, 3.8) is 0 Å². The van der Waals surface area contributed by atoms with Crippen molar-refractivity contribution in [3.05, 3.63) is 29.8 Å². The van der Waals surface area contributed by atoms with Gasteiger partial charge in [-0.3, -0.25) is 4.79 Å². The van der Waals surface area contributed by atoms with E-state index in [1.807, 2.05) is 24.3 Å². The number of hydrogen-bond acceptors (Lipinski definition) is 2. The first-order valence-corrected chi connectivity index (χ1v) is 9.97. The maximum Gasteiger partial charge on any atom is 0.224 e. The van der Waals surface area contributed by atoms with Crippen molar-refractivity contribution in [1.29, 1.82) is 0 Å². The average molecular weight is 346 g/mol. The SMILES string of the molecule is COc1cccc(CC(=O)NCC2([NH+]3CCCCC3)CCCCC2)c1. The third-order valence-electron chi connectivity index (χ3n) is 6.14. The molecule has 0 radical (unpaired) electrons. The molecule has 1 aromatic rings. The first kappa shape index (κ1) is 18.2. The second-order valence-electron chi connectivity index (χ2n) is 7.81. The highest BCUT2D eigenvalue weighted by atomic mass is 16.5. The van der Waals surface area contributed by atoms with Gasteiger partial charge in [0.1, 0.15) is 11.3 Å². The highest BCUT2D eigenvalue weighted by Crippen LogP contribution is 2.26. The van der Waals surface area contributed by atoms with Crippen LogP contribution in [0.3, 0.4) is 0 Å². The molecule has 0 aromatic heterocycles. The van der Waals surface area contributed by atoms with Gasteiger partial charge in [-0.25, -0.2) is 0 Å². The van der Waals surface area contributed by atoms with E-state index in [0.29, 0.717) is 6.42 Å². The van der Waals surface area contributed by atoms with E-state index < -0.39 is 0 Å². The molecule has 2 aliphatic rings. The van der Waals surface area contributed by atoms with Crippen molar-refractivity contribution < 1.29 is 14.4 Å². The summed E-state index contributed by atoms with van der Waals surface area (Å²) in [6.07, 6.45) is 11.0. The van der Waals surface area contributed by atoms with Crippen molar-refractivity contribution >= 4 is 5.91 Å². The topological polar surface area (TPSA) is 42.8 Å². The number of methoxy groups -OCH3 is 1. The number of carbonyl (C=O) groups excluding carboxylic acids is 1. The Bertz CT molecular complexity index is 561. The fraction of sp³-hybridized carbons (Fsp3) is 0.667. The molecule has 2 N–H and O–H groups in total. The van der Waals surface area contributed by atoms with E-state index in [0.717, 1.165) is 17.9 Å². The summed E-state index contributed by atoms with van der Waals surface area (Å²) in [6.45, 7) is 3.41. The molecule has 1 amide bonds. The molecule has 1 aliphatic heterocycles. The number of rotatable bonds is 6. The standard InChI is InChI=1S/C21H32N2O2/c1-25-19-10-8-9-18(15-19)16-20(24)22-17-21(11-4-2-5-12-21)23-13-6-3-7-14-23/h8-10,15H,2-7,11-14,16-17H2,1H3,(H,22,24)/p+1. The van der Waals surface area contributed by atoms with Crippen molar-refractivity contribution in [2.75, 3.05) is 26.7 Å². The van der Waals surface area contributed by atoms with Gasteiger partial charge in [0.2, 0.25) is 5.91 Å². The molecule has 4 nitrogen and oxygen atoms in total. The first-order valence-electron chi connectivity index (χ1n) is 9.97. The van der Waals surface area contributed by atoms with Crippen LogP contribution in [0.5, 0.6) is 5.75 Å². The minimum atomic E-state index is 0.134. The average Bonchev–Trinajstić information content (AvgIpc) is 2.68. The molecule has 1 saturated heterocycles. The fourth-order valence-electron chi connectivity index (χ4n) is 4.69. The second-order valence-corrected chi connectivity index (χ2v) is 7.81. The molecule has 3 rings (SSSR count). The first-order chi connectivity index (χ1) is 12.2. The molecule has 25 heavy (non-hydrogen) atoms. The minimum Gasteiger partial charge on any atom is -0.497 e. The van der Waals surface area contributed by atoms with Crippen LogP contribution in [0, 0.1) is 0 Å². The van der Waals surface area contributed by atoms with Gasteiger partial charge in [0.25, 0.3) is 0 Å². The molecule has 2 fully saturated rings. The fourth-order valence-corrected chi connectivity index (χ4v) is 4.69. The van der Waals surface area contributed by atoms with Crippen molar-refractivity contribution in [2.45, 2.75) is 63.3 Å². The number of ether oxygens (including phenoxy) is 1. The monoisotopic (exact) mass is 345 g/mol. The van der Waals surface area contributed by atoms with Crippen LogP contribution in [0.15, 0.2) is 24.3 Å². The molecule has 138 valence electrons. The van der Waals surface area contributed by atoms with Gasteiger partial charge in [-0.1, -0.05) is 18.6 Å². The number of carbonyl (C=O) groups is 1. The molecule has 1 saturated carbocycles. The summed E-state index contributed by atoms with van der Waals surface area (Å²) >= 11 is 0. The van der Waals surface area contributed by atoms with Gasteiger partial charge in [0, 0.05) is 12.8 Å². The highest BCUT2D eigenvalue weighted by molar-refractivity contribution is 5.78. The van der Waals surface area contributed by atoms with E-state index in [1.165, 1.54) is 64.5 Å². The Morgan fingerprint density at radius 1 is 1.12 bits per heavy atom. The normalized spacial score (nSPS) is 20.8. The van der Waals surface area contributed by atoms with Crippen LogP contribution >= 0.6 is 0 Å². The molecular weight excluding hydrogens is 312 g/mol. The van der Waals surface area contributed by atoms with Gasteiger partial charge in [-0.05, 0) is 49.8 Å². The Kier molecular flexibility index (Phi) is 6.35. The van der Waals surface area contributed by atoms with Crippen LogP contribution in [-0.2, 0) is 11.2 Å². The minimum absolute atomic E-state index is 0.134.